The van der Waals surface area contributed by atoms with Crippen LogP contribution in [0, 0.1) is 0 Å². The summed E-state index contributed by atoms with van der Waals surface area (Å²) < 4.78 is 21.5. The Morgan fingerprint density at radius 2 is 1.90 bits per heavy atom. The number of nitrogens with zero attached hydrogens (tertiary/aromatic N) is 3. The number of hydrogen-bond acceptors (Lipinski definition) is 6. The first-order chi connectivity index (χ1) is 14.6. The van der Waals surface area contributed by atoms with Crippen LogP contribution in [0.1, 0.15) is 18.1 Å². The normalized spacial score (nSPS) is 10.8. The molecule has 8 nitrogen and oxygen atoms in total. The zero-order chi connectivity index (χ0) is 21.8. The van der Waals surface area contributed by atoms with Gasteiger partial charge < -0.3 is 29.2 Å². The van der Waals surface area contributed by atoms with Crippen LogP contribution < -0.4 is 19.5 Å². The first-order valence-corrected chi connectivity index (χ1v) is 9.88. The Kier molecular flexibility index (Phi) is 12.7. The SMILES string of the molecule is CCNC(=NCc1cccnc1OCCOC)N(C)Cc1ccc(OC)cc1OC.I. The number of nitrogens with one attached hydrogen (secondary N) is 1. The maximum absolute atomic E-state index is 5.71. The van der Waals surface area contributed by atoms with Crippen LogP contribution in [0.4, 0.5) is 0 Å². The zero-order valence-corrected chi connectivity index (χ0v) is 21.2. The highest BCUT2D eigenvalue weighted by Crippen LogP contribution is 2.25. The number of aromatic nitrogens is 1. The summed E-state index contributed by atoms with van der Waals surface area (Å²) in [5.41, 5.74) is 1.95. The van der Waals surface area contributed by atoms with E-state index >= 15 is 0 Å². The molecule has 172 valence electrons. The molecular weight excluding hydrogens is 511 g/mol. The van der Waals surface area contributed by atoms with Crippen molar-refractivity contribution in [2.75, 3.05) is 48.1 Å². The molecular formula is C22H33IN4O4. The fourth-order valence-electron chi connectivity index (χ4n) is 2.84. The van der Waals surface area contributed by atoms with Gasteiger partial charge in [0, 0.05) is 50.6 Å². The minimum absolute atomic E-state index is 0. The molecule has 31 heavy (non-hydrogen) atoms. The van der Waals surface area contributed by atoms with Crippen LogP contribution in [0.5, 0.6) is 17.4 Å². The molecule has 2 aromatic rings. The molecule has 0 aliphatic carbocycles. The summed E-state index contributed by atoms with van der Waals surface area (Å²) in [7, 11) is 6.93. The average molecular weight is 544 g/mol. The van der Waals surface area contributed by atoms with E-state index in [4.69, 9.17) is 23.9 Å². The van der Waals surface area contributed by atoms with E-state index in [0.29, 0.717) is 32.2 Å². The molecule has 2 rings (SSSR count). The molecule has 0 radical (unpaired) electrons. The van der Waals surface area contributed by atoms with E-state index in [9.17, 15) is 0 Å². The topological polar surface area (TPSA) is 77.4 Å². The molecule has 0 atom stereocenters. The van der Waals surface area contributed by atoms with Crippen molar-refractivity contribution < 1.29 is 18.9 Å². The van der Waals surface area contributed by atoms with Crippen molar-refractivity contribution in [1.29, 1.82) is 0 Å². The van der Waals surface area contributed by atoms with Crippen LogP contribution in [0.3, 0.4) is 0 Å². The quantitative estimate of drug-likeness (QED) is 0.201. The van der Waals surface area contributed by atoms with Gasteiger partial charge in [0.25, 0.3) is 0 Å². The second-order valence-corrected chi connectivity index (χ2v) is 6.51. The Morgan fingerprint density at radius 1 is 1.10 bits per heavy atom. The second-order valence-electron chi connectivity index (χ2n) is 6.51. The number of hydrogen-bond donors (Lipinski definition) is 1. The van der Waals surface area contributed by atoms with E-state index in [2.05, 4.69) is 15.2 Å². The van der Waals surface area contributed by atoms with Crippen LogP contribution in [0.25, 0.3) is 0 Å². The lowest BCUT2D eigenvalue weighted by Crippen LogP contribution is -2.38. The maximum Gasteiger partial charge on any atom is 0.218 e. The highest BCUT2D eigenvalue weighted by molar-refractivity contribution is 14.0. The zero-order valence-electron chi connectivity index (χ0n) is 18.9. The van der Waals surface area contributed by atoms with Crippen molar-refractivity contribution in [2.24, 2.45) is 4.99 Å². The largest absolute Gasteiger partial charge is 0.497 e. The summed E-state index contributed by atoms with van der Waals surface area (Å²) in [6.45, 7) is 4.83. The lowest BCUT2D eigenvalue weighted by Gasteiger charge is -2.23. The van der Waals surface area contributed by atoms with Crippen molar-refractivity contribution in [3.8, 4) is 17.4 Å². The van der Waals surface area contributed by atoms with Gasteiger partial charge in [-0.3, -0.25) is 0 Å². The number of methoxy groups -OCH3 is 3. The van der Waals surface area contributed by atoms with E-state index in [1.54, 1.807) is 27.5 Å². The molecule has 0 spiro atoms. The molecule has 1 heterocycles. The molecule has 0 saturated heterocycles. The van der Waals surface area contributed by atoms with Crippen LogP contribution in [0.2, 0.25) is 0 Å². The predicted molar refractivity (Wildman–Crippen MR) is 133 cm³/mol. The molecule has 1 aromatic heterocycles. The van der Waals surface area contributed by atoms with Gasteiger partial charge in [0.2, 0.25) is 5.88 Å². The average Bonchev–Trinajstić information content (AvgIpc) is 2.77. The van der Waals surface area contributed by atoms with E-state index in [-0.39, 0.29) is 24.0 Å². The van der Waals surface area contributed by atoms with Crippen LogP contribution in [-0.4, -0.2) is 64.0 Å². The van der Waals surface area contributed by atoms with E-state index in [1.165, 1.54) is 0 Å². The van der Waals surface area contributed by atoms with Gasteiger partial charge in [-0.2, -0.15) is 0 Å². The Hall–Kier alpha value is -2.27. The standard InChI is InChI=1S/C22H32N4O4.HI/c1-6-23-22(25-15-17-8-7-11-24-21(17)30-13-12-27-3)26(2)16-18-9-10-19(28-4)14-20(18)29-5;/h7-11,14H,6,12-13,15-16H2,1-5H3,(H,23,25);1H. The van der Waals surface area contributed by atoms with Gasteiger partial charge >= 0.3 is 0 Å². The van der Waals surface area contributed by atoms with Crippen molar-refractivity contribution in [3.63, 3.8) is 0 Å². The van der Waals surface area contributed by atoms with Crippen molar-refractivity contribution in [1.82, 2.24) is 15.2 Å². The fraction of sp³-hybridized carbons (Fsp3) is 0.455. The summed E-state index contributed by atoms with van der Waals surface area (Å²) in [4.78, 5) is 11.1. The number of benzene rings is 1. The Balaban J connectivity index is 0.00000480. The highest BCUT2D eigenvalue weighted by Gasteiger charge is 2.12. The minimum Gasteiger partial charge on any atom is -0.497 e. The summed E-state index contributed by atoms with van der Waals surface area (Å²) in [6.07, 6.45) is 1.71. The van der Waals surface area contributed by atoms with Gasteiger partial charge in [0.05, 0.1) is 27.4 Å². The molecule has 9 heteroatoms. The Morgan fingerprint density at radius 3 is 2.58 bits per heavy atom. The number of halogens is 1. The third-order valence-corrected chi connectivity index (χ3v) is 4.37. The molecule has 0 unspecified atom stereocenters. The number of aliphatic imine (C=N–C) groups is 1. The number of ether oxygens (including phenoxy) is 4. The summed E-state index contributed by atoms with van der Waals surface area (Å²) >= 11 is 0. The first-order valence-electron chi connectivity index (χ1n) is 9.88. The number of pyridine rings is 1. The van der Waals surface area contributed by atoms with Gasteiger partial charge in [-0.25, -0.2) is 9.98 Å². The summed E-state index contributed by atoms with van der Waals surface area (Å²) in [5.74, 6) is 2.89. The first kappa shape index (κ1) is 26.8. The Bertz CT molecular complexity index is 820. The van der Waals surface area contributed by atoms with Gasteiger partial charge in [0.15, 0.2) is 5.96 Å². The molecule has 1 N–H and O–H groups in total. The molecule has 0 saturated carbocycles. The minimum atomic E-state index is 0. The molecule has 0 fully saturated rings. The van der Waals surface area contributed by atoms with E-state index in [1.807, 2.05) is 44.3 Å². The number of rotatable bonds is 11. The summed E-state index contributed by atoms with van der Waals surface area (Å²) in [5, 5.41) is 3.33. The van der Waals surface area contributed by atoms with Gasteiger partial charge in [-0.15, -0.1) is 24.0 Å². The van der Waals surface area contributed by atoms with E-state index in [0.717, 1.165) is 35.1 Å². The van der Waals surface area contributed by atoms with Gasteiger partial charge in [-0.05, 0) is 25.1 Å². The van der Waals surface area contributed by atoms with Crippen molar-refractivity contribution in [3.05, 3.63) is 47.7 Å². The van der Waals surface area contributed by atoms with Crippen LogP contribution in [0.15, 0.2) is 41.5 Å². The lowest BCUT2D eigenvalue weighted by atomic mass is 10.2. The fourth-order valence-corrected chi connectivity index (χ4v) is 2.84. The van der Waals surface area contributed by atoms with E-state index < -0.39 is 0 Å². The number of guanidine groups is 1. The van der Waals surface area contributed by atoms with Crippen molar-refractivity contribution in [2.45, 2.75) is 20.0 Å². The van der Waals surface area contributed by atoms with Crippen LogP contribution >= 0.6 is 24.0 Å². The molecule has 0 bridgehead atoms. The molecule has 1 aromatic carbocycles. The maximum atomic E-state index is 5.71. The monoisotopic (exact) mass is 544 g/mol. The lowest BCUT2D eigenvalue weighted by molar-refractivity contribution is 0.143. The third kappa shape index (κ3) is 8.41. The Labute approximate surface area is 202 Å². The summed E-state index contributed by atoms with van der Waals surface area (Å²) in [6, 6.07) is 9.66. The van der Waals surface area contributed by atoms with Crippen molar-refractivity contribution >= 4 is 29.9 Å². The van der Waals surface area contributed by atoms with Gasteiger partial charge in [-0.1, -0.05) is 6.07 Å². The predicted octanol–water partition coefficient (Wildman–Crippen LogP) is 3.34. The van der Waals surface area contributed by atoms with Gasteiger partial charge in [0.1, 0.15) is 18.1 Å². The molecule has 0 aliphatic heterocycles. The van der Waals surface area contributed by atoms with Crippen LogP contribution in [-0.2, 0) is 17.8 Å². The smallest absolute Gasteiger partial charge is 0.218 e. The third-order valence-electron chi connectivity index (χ3n) is 4.37. The highest BCUT2D eigenvalue weighted by atomic mass is 127. The second kappa shape index (κ2) is 14.7. The molecule has 0 amide bonds. The molecule has 0 aliphatic rings.